The van der Waals surface area contributed by atoms with Gasteiger partial charge in [-0.25, -0.2) is 0 Å². The van der Waals surface area contributed by atoms with Crippen molar-refractivity contribution in [2.75, 3.05) is 18.5 Å². The van der Waals surface area contributed by atoms with E-state index in [1.54, 1.807) is 0 Å². The molecule has 0 unspecified atom stereocenters. The lowest BCUT2D eigenvalue weighted by Crippen LogP contribution is -2.12. The van der Waals surface area contributed by atoms with Crippen molar-refractivity contribution in [1.29, 1.82) is 0 Å². The van der Waals surface area contributed by atoms with Crippen molar-refractivity contribution in [3.05, 3.63) is 65.2 Å². The lowest BCUT2D eigenvalue weighted by molar-refractivity contribution is 0.956. The first-order chi connectivity index (χ1) is 9.24. The SMILES string of the molecule is CC(=Cc1ccccc1)c1ccc2c(c1)CCN2C. The van der Waals surface area contributed by atoms with Gasteiger partial charge < -0.3 is 4.90 Å². The topological polar surface area (TPSA) is 3.24 Å². The molecule has 96 valence electrons. The minimum atomic E-state index is 1.14. The molecule has 0 N–H and O–H groups in total. The average molecular weight is 249 g/mol. The molecule has 0 atom stereocenters. The summed E-state index contributed by atoms with van der Waals surface area (Å²) in [5.41, 5.74) is 6.77. The highest BCUT2D eigenvalue weighted by Gasteiger charge is 2.15. The zero-order valence-corrected chi connectivity index (χ0v) is 11.6. The second-order valence-corrected chi connectivity index (χ2v) is 5.25. The maximum Gasteiger partial charge on any atom is 0.0397 e. The Morgan fingerprint density at radius 1 is 1.11 bits per heavy atom. The lowest BCUT2D eigenvalue weighted by Gasteiger charge is -2.12. The van der Waals surface area contributed by atoms with Gasteiger partial charge in [-0.1, -0.05) is 42.5 Å². The largest absolute Gasteiger partial charge is 0.374 e. The lowest BCUT2D eigenvalue weighted by atomic mass is 10.0. The van der Waals surface area contributed by atoms with Crippen molar-refractivity contribution >= 4 is 17.3 Å². The van der Waals surface area contributed by atoms with E-state index in [4.69, 9.17) is 0 Å². The summed E-state index contributed by atoms with van der Waals surface area (Å²) >= 11 is 0. The van der Waals surface area contributed by atoms with Gasteiger partial charge in [0.25, 0.3) is 0 Å². The fourth-order valence-electron chi connectivity index (χ4n) is 2.69. The molecule has 3 rings (SSSR count). The molecule has 0 radical (unpaired) electrons. The molecule has 1 nitrogen and oxygen atoms in total. The maximum absolute atomic E-state index is 2.34. The predicted octanol–water partition coefficient (Wildman–Crippen LogP) is 4.24. The number of anilines is 1. The fraction of sp³-hybridized carbons (Fsp3) is 0.222. The van der Waals surface area contributed by atoms with E-state index < -0.39 is 0 Å². The summed E-state index contributed by atoms with van der Waals surface area (Å²) < 4.78 is 0. The van der Waals surface area contributed by atoms with Gasteiger partial charge in [0.2, 0.25) is 0 Å². The van der Waals surface area contributed by atoms with Gasteiger partial charge in [-0.3, -0.25) is 0 Å². The summed E-state index contributed by atoms with van der Waals surface area (Å²) in [5, 5.41) is 0. The molecular formula is C18H19N. The molecule has 1 heteroatoms. The first-order valence-corrected chi connectivity index (χ1v) is 6.82. The molecule has 1 aliphatic heterocycles. The fourth-order valence-corrected chi connectivity index (χ4v) is 2.69. The summed E-state index contributed by atoms with van der Waals surface area (Å²) in [6, 6.07) is 17.3. The maximum atomic E-state index is 2.34. The summed E-state index contributed by atoms with van der Waals surface area (Å²) in [5.74, 6) is 0. The molecule has 1 heterocycles. The molecule has 0 bridgehead atoms. The minimum Gasteiger partial charge on any atom is -0.374 e. The van der Waals surface area contributed by atoms with E-state index in [1.807, 2.05) is 0 Å². The van der Waals surface area contributed by atoms with Crippen LogP contribution in [0.25, 0.3) is 11.6 Å². The normalized spacial score (nSPS) is 14.6. The van der Waals surface area contributed by atoms with Crippen LogP contribution in [0.1, 0.15) is 23.6 Å². The summed E-state index contributed by atoms with van der Waals surface area (Å²) in [7, 11) is 2.16. The number of benzene rings is 2. The molecule has 0 aromatic heterocycles. The van der Waals surface area contributed by atoms with E-state index in [2.05, 4.69) is 73.5 Å². The van der Waals surface area contributed by atoms with Crippen molar-refractivity contribution in [1.82, 2.24) is 0 Å². The molecule has 1 aliphatic rings. The second-order valence-electron chi connectivity index (χ2n) is 5.25. The van der Waals surface area contributed by atoms with Crippen LogP contribution in [0.3, 0.4) is 0 Å². The van der Waals surface area contributed by atoms with Crippen molar-refractivity contribution in [2.45, 2.75) is 13.3 Å². The van der Waals surface area contributed by atoms with Crippen LogP contribution in [-0.4, -0.2) is 13.6 Å². The van der Waals surface area contributed by atoms with Crippen LogP contribution in [0.2, 0.25) is 0 Å². The van der Waals surface area contributed by atoms with Crippen molar-refractivity contribution in [2.24, 2.45) is 0 Å². The van der Waals surface area contributed by atoms with Gasteiger partial charge in [0.1, 0.15) is 0 Å². The zero-order chi connectivity index (χ0) is 13.2. The van der Waals surface area contributed by atoms with Crippen molar-refractivity contribution < 1.29 is 0 Å². The molecular weight excluding hydrogens is 230 g/mol. The third-order valence-corrected chi connectivity index (χ3v) is 3.85. The molecule has 0 fully saturated rings. The number of hydrogen-bond donors (Lipinski definition) is 0. The predicted molar refractivity (Wildman–Crippen MR) is 83.4 cm³/mol. The van der Waals surface area contributed by atoms with Crippen LogP contribution in [0.15, 0.2) is 48.5 Å². The monoisotopic (exact) mass is 249 g/mol. The Hall–Kier alpha value is -2.02. The molecule has 2 aromatic carbocycles. The molecule has 0 spiro atoms. The molecule has 0 saturated heterocycles. The van der Waals surface area contributed by atoms with Crippen LogP contribution in [0, 0.1) is 0 Å². The standard InChI is InChI=1S/C18H19N/c1-14(12-15-6-4-3-5-7-15)16-8-9-18-17(13-16)10-11-19(18)2/h3-9,12-13H,10-11H2,1-2H3. The Labute approximate surface area is 115 Å². The minimum absolute atomic E-state index is 1.14. The van der Waals surface area contributed by atoms with Crippen molar-refractivity contribution in [3.8, 4) is 0 Å². The Kier molecular flexibility index (Phi) is 3.12. The van der Waals surface area contributed by atoms with Gasteiger partial charge in [0, 0.05) is 19.3 Å². The average Bonchev–Trinajstić information content (AvgIpc) is 2.81. The Morgan fingerprint density at radius 2 is 1.89 bits per heavy atom. The quantitative estimate of drug-likeness (QED) is 0.720. The number of likely N-dealkylation sites (N-methyl/N-ethyl adjacent to an activating group) is 1. The number of rotatable bonds is 2. The summed E-state index contributed by atoms with van der Waals surface area (Å²) in [4.78, 5) is 2.33. The van der Waals surface area contributed by atoms with Crippen LogP contribution in [-0.2, 0) is 6.42 Å². The van der Waals surface area contributed by atoms with Gasteiger partial charge in [-0.05, 0) is 47.7 Å². The van der Waals surface area contributed by atoms with Crippen molar-refractivity contribution in [3.63, 3.8) is 0 Å². The van der Waals surface area contributed by atoms with Gasteiger partial charge in [-0.15, -0.1) is 0 Å². The third-order valence-electron chi connectivity index (χ3n) is 3.85. The number of allylic oxidation sites excluding steroid dienone is 1. The van der Waals surface area contributed by atoms with E-state index in [-0.39, 0.29) is 0 Å². The van der Waals surface area contributed by atoms with E-state index in [9.17, 15) is 0 Å². The van der Waals surface area contributed by atoms with E-state index in [0.717, 1.165) is 13.0 Å². The Bertz CT molecular complexity index is 611. The van der Waals surface area contributed by atoms with Gasteiger partial charge in [0.05, 0.1) is 0 Å². The number of nitrogens with zero attached hydrogens (tertiary/aromatic N) is 1. The third kappa shape index (κ3) is 2.41. The highest BCUT2D eigenvalue weighted by atomic mass is 15.1. The summed E-state index contributed by atoms with van der Waals surface area (Å²) in [6.07, 6.45) is 3.42. The summed E-state index contributed by atoms with van der Waals surface area (Å²) in [6.45, 7) is 3.33. The van der Waals surface area contributed by atoms with E-state index >= 15 is 0 Å². The molecule has 0 saturated carbocycles. The van der Waals surface area contributed by atoms with Gasteiger partial charge in [0.15, 0.2) is 0 Å². The van der Waals surface area contributed by atoms with Gasteiger partial charge >= 0.3 is 0 Å². The van der Waals surface area contributed by atoms with Crippen LogP contribution >= 0.6 is 0 Å². The van der Waals surface area contributed by atoms with E-state index in [1.165, 1.54) is 28.0 Å². The first-order valence-electron chi connectivity index (χ1n) is 6.82. The van der Waals surface area contributed by atoms with Crippen LogP contribution < -0.4 is 4.90 Å². The van der Waals surface area contributed by atoms with Gasteiger partial charge in [-0.2, -0.15) is 0 Å². The molecule has 19 heavy (non-hydrogen) atoms. The smallest absolute Gasteiger partial charge is 0.0397 e. The number of fused-ring (bicyclic) bond motifs is 1. The molecule has 2 aromatic rings. The zero-order valence-electron chi connectivity index (χ0n) is 11.6. The Morgan fingerprint density at radius 3 is 2.68 bits per heavy atom. The highest BCUT2D eigenvalue weighted by molar-refractivity contribution is 5.81. The van der Waals surface area contributed by atoms with Crippen LogP contribution in [0.4, 0.5) is 5.69 Å². The van der Waals surface area contributed by atoms with E-state index in [0.29, 0.717) is 0 Å². The molecule has 0 aliphatic carbocycles. The second kappa shape index (κ2) is 4.93. The van der Waals surface area contributed by atoms with Crippen LogP contribution in [0.5, 0.6) is 0 Å². The molecule has 0 amide bonds. The Balaban J connectivity index is 1.93. The highest BCUT2D eigenvalue weighted by Crippen LogP contribution is 2.30. The number of hydrogen-bond acceptors (Lipinski definition) is 1. The first kappa shape index (κ1) is 12.0.